The third kappa shape index (κ3) is 5.98. The van der Waals surface area contributed by atoms with Crippen molar-refractivity contribution in [2.24, 2.45) is 12.0 Å². The van der Waals surface area contributed by atoms with Crippen molar-refractivity contribution in [3.05, 3.63) is 23.3 Å². The number of hydrogen-bond acceptors (Lipinski definition) is 3. The van der Waals surface area contributed by atoms with Crippen LogP contribution in [0, 0.1) is 6.92 Å². The molecule has 0 aliphatic heterocycles. The normalized spacial score (nSPS) is 15.3. The smallest absolute Gasteiger partial charge is 0.191 e. The van der Waals surface area contributed by atoms with Crippen LogP contribution in [0.15, 0.2) is 16.6 Å². The predicted molar refractivity (Wildman–Crippen MR) is 99.0 cm³/mol. The summed E-state index contributed by atoms with van der Waals surface area (Å²) in [4.78, 5) is 4.67. The van der Waals surface area contributed by atoms with Crippen LogP contribution in [-0.2, 0) is 13.6 Å². The van der Waals surface area contributed by atoms with Crippen molar-refractivity contribution in [2.75, 3.05) is 13.1 Å². The van der Waals surface area contributed by atoms with Gasteiger partial charge in [0.1, 0.15) is 12.4 Å². The summed E-state index contributed by atoms with van der Waals surface area (Å²) in [6, 6.07) is 0. The van der Waals surface area contributed by atoms with E-state index in [-0.39, 0.29) is 0 Å². The van der Waals surface area contributed by atoms with Crippen LogP contribution in [0.4, 0.5) is 0 Å². The average molecular weight is 332 g/mol. The summed E-state index contributed by atoms with van der Waals surface area (Å²) in [5.74, 6) is 2.68. The van der Waals surface area contributed by atoms with E-state index in [1.807, 2.05) is 18.5 Å². The van der Waals surface area contributed by atoms with E-state index in [1.165, 1.54) is 32.1 Å². The molecule has 0 saturated carbocycles. The Balaban J connectivity index is 1.86. The Morgan fingerprint density at radius 2 is 2.08 bits per heavy atom. The zero-order valence-electron chi connectivity index (χ0n) is 15.4. The van der Waals surface area contributed by atoms with E-state index in [0.717, 1.165) is 43.5 Å². The quantitative estimate of drug-likeness (QED) is 0.332. The highest BCUT2D eigenvalue weighted by molar-refractivity contribution is 5.79. The summed E-state index contributed by atoms with van der Waals surface area (Å²) in [5, 5.41) is 15.1. The highest BCUT2D eigenvalue weighted by Crippen LogP contribution is 2.19. The van der Waals surface area contributed by atoms with Gasteiger partial charge in [0.25, 0.3) is 0 Å². The molecule has 6 nitrogen and oxygen atoms in total. The molecule has 0 saturated heterocycles. The van der Waals surface area contributed by atoms with Crippen molar-refractivity contribution < 1.29 is 0 Å². The highest BCUT2D eigenvalue weighted by atomic mass is 15.3. The Morgan fingerprint density at radius 3 is 2.75 bits per heavy atom. The first kappa shape index (κ1) is 18.5. The van der Waals surface area contributed by atoms with Gasteiger partial charge in [-0.05, 0) is 45.4 Å². The number of unbranched alkanes of at least 4 members (excludes halogenated alkanes) is 1. The Kier molecular flexibility index (Phi) is 7.79. The third-order valence-corrected chi connectivity index (χ3v) is 4.51. The van der Waals surface area contributed by atoms with E-state index in [4.69, 9.17) is 0 Å². The number of allylic oxidation sites excluding steroid dienone is 1. The van der Waals surface area contributed by atoms with E-state index in [2.05, 4.69) is 38.8 Å². The first-order valence-electron chi connectivity index (χ1n) is 9.25. The molecular formula is C18H32N6. The lowest BCUT2D eigenvalue weighted by Gasteiger charge is -2.15. The molecule has 1 aliphatic rings. The van der Waals surface area contributed by atoms with E-state index in [9.17, 15) is 0 Å². The van der Waals surface area contributed by atoms with Gasteiger partial charge in [0.05, 0.1) is 0 Å². The minimum Gasteiger partial charge on any atom is -0.356 e. The fraction of sp³-hybridized carbons (Fsp3) is 0.722. The number of nitrogens with zero attached hydrogens (tertiary/aromatic N) is 4. The van der Waals surface area contributed by atoms with Gasteiger partial charge in [-0.2, -0.15) is 0 Å². The summed E-state index contributed by atoms with van der Waals surface area (Å²) < 4.78 is 1.99. The second kappa shape index (κ2) is 10.1. The van der Waals surface area contributed by atoms with E-state index in [0.29, 0.717) is 6.54 Å². The van der Waals surface area contributed by atoms with Crippen LogP contribution in [0.1, 0.15) is 63.5 Å². The Morgan fingerprint density at radius 1 is 1.25 bits per heavy atom. The van der Waals surface area contributed by atoms with Crippen molar-refractivity contribution in [3.8, 4) is 0 Å². The van der Waals surface area contributed by atoms with Crippen LogP contribution in [0.5, 0.6) is 0 Å². The molecule has 1 aromatic heterocycles. The van der Waals surface area contributed by atoms with Gasteiger partial charge in [-0.3, -0.25) is 0 Å². The fourth-order valence-corrected chi connectivity index (χ4v) is 2.77. The zero-order chi connectivity index (χ0) is 17.2. The highest BCUT2D eigenvalue weighted by Gasteiger charge is 2.06. The lowest BCUT2D eigenvalue weighted by atomic mass is 9.97. The van der Waals surface area contributed by atoms with Crippen LogP contribution in [0.3, 0.4) is 0 Å². The Hall–Kier alpha value is -1.85. The number of hydrogen-bond donors (Lipinski definition) is 2. The number of aryl methyl sites for hydroxylation is 1. The van der Waals surface area contributed by atoms with Crippen molar-refractivity contribution in [3.63, 3.8) is 0 Å². The predicted octanol–water partition coefficient (Wildman–Crippen LogP) is 2.85. The van der Waals surface area contributed by atoms with Gasteiger partial charge in [0, 0.05) is 20.1 Å². The lowest BCUT2D eigenvalue weighted by Crippen LogP contribution is -2.38. The second-order valence-electron chi connectivity index (χ2n) is 6.45. The third-order valence-electron chi connectivity index (χ3n) is 4.51. The molecule has 0 amide bonds. The first-order chi connectivity index (χ1) is 11.7. The maximum absolute atomic E-state index is 4.67. The van der Waals surface area contributed by atoms with Crippen LogP contribution in [0.2, 0.25) is 0 Å². The summed E-state index contributed by atoms with van der Waals surface area (Å²) in [6.07, 6.45) is 11.0. The average Bonchev–Trinajstić information content (AvgIpc) is 2.92. The monoisotopic (exact) mass is 332 g/mol. The minimum atomic E-state index is 0.543. The van der Waals surface area contributed by atoms with Crippen molar-refractivity contribution >= 4 is 5.96 Å². The molecule has 1 aliphatic carbocycles. The van der Waals surface area contributed by atoms with E-state index >= 15 is 0 Å². The molecule has 2 rings (SSSR count). The molecule has 0 aromatic carbocycles. The molecule has 134 valence electrons. The van der Waals surface area contributed by atoms with Crippen LogP contribution < -0.4 is 10.6 Å². The topological polar surface area (TPSA) is 67.1 Å². The van der Waals surface area contributed by atoms with Gasteiger partial charge in [0.2, 0.25) is 0 Å². The maximum Gasteiger partial charge on any atom is 0.191 e. The Labute approximate surface area is 145 Å². The van der Waals surface area contributed by atoms with Crippen LogP contribution >= 0.6 is 0 Å². The van der Waals surface area contributed by atoms with E-state index in [1.54, 1.807) is 5.57 Å². The van der Waals surface area contributed by atoms with Crippen LogP contribution in [-0.4, -0.2) is 33.8 Å². The molecule has 0 unspecified atom stereocenters. The van der Waals surface area contributed by atoms with Gasteiger partial charge in [-0.1, -0.05) is 25.0 Å². The molecule has 0 radical (unpaired) electrons. The van der Waals surface area contributed by atoms with E-state index < -0.39 is 0 Å². The molecule has 1 aromatic rings. The number of guanidine groups is 1. The van der Waals surface area contributed by atoms with Crippen molar-refractivity contribution in [1.82, 2.24) is 25.4 Å². The molecule has 0 bridgehead atoms. The fourth-order valence-electron chi connectivity index (χ4n) is 2.77. The number of aliphatic imine (C=N–C) groups is 1. The molecule has 0 spiro atoms. The molecule has 1 heterocycles. The van der Waals surface area contributed by atoms with Gasteiger partial charge in [0.15, 0.2) is 11.8 Å². The number of rotatable bonds is 8. The zero-order valence-corrected chi connectivity index (χ0v) is 15.4. The molecule has 0 atom stereocenters. The second-order valence-corrected chi connectivity index (χ2v) is 6.45. The van der Waals surface area contributed by atoms with Gasteiger partial charge >= 0.3 is 0 Å². The summed E-state index contributed by atoms with van der Waals surface area (Å²) in [5.41, 5.74) is 1.59. The lowest BCUT2D eigenvalue weighted by molar-refractivity contribution is 0.661. The first-order valence-corrected chi connectivity index (χ1v) is 9.25. The Bertz CT molecular complexity index is 558. The SMILES string of the molecule is CCCCNC(=NCc1nnc(C)n1C)NCCC1=CCCCC1. The molecule has 24 heavy (non-hydrogen) atoms. The molecule has 2 N–H and O–H groups in total. The van der Waals surface area contributed by atoms with Gasteiger partial charge in [-0.25, -0.2) is 4.99 Å². The summed E-state index contributed by atoms with van der Waals surface area (Å²) in [7, 11) is 1.98. The van der Waals surface area contributed by atoms with Crippen molar-refractivity contribution in [2.45, 2.75) is 65.3 Å². The summed E-state index contributed by atoms with van der Waals surface area (Å²) in [6.45, 7) is 6.58. The minimum absolute atomic E-state index is 0.543. The van der Waals surface area contributed by atoms with Gasteiger partial charge < -0.3 is 15.2 Å². The van der Waals surface area contributed by atoms with Crippen molar-refractivity contribution in [1.29, 1.82) is 0 Å². The number of aromatic nitrogens is 3. The molecule has 6 heteroatoms. The summed E-state index contributed by atoms with van der Waals surface area (Å²) >= 11 is 0. The number of nitrogens with one attached hydrogen (secondary N) is 2. The molecular weight excluding hydrogens is 300 g/mol. The standard InChI is InChI=1S/C18H32N6/c1-4-5-12-19-18(20-13-11-16-9-7-6-8-10-16)21-14-17-23-22-15(2)24(17)3/h9H,4-8,10-14H2,1-3H3,(H2,19,20,21). The van der Waals surface area contributed by atoms with Crippen LogP contribution in [0.25, 0.3) is 0 Å². The molecule has 0 fully saturated rings. The largest absolute Gasteiger partial charge is 0.356 e. The van der Waals surface area contributed by atoms with Gasteiger partial charge in [-0.15, -0.1) is 10.2 Å². The maximum atomic E-state index is 4.67.